The summed E-state index contributed by atoms with van der Waals surface area (Å²) in [5.41, 5.74) is 5.27. The van der Waals surface area contributed by atoms with Gasteiger partial charge >= 0.3 is 0 Å². The third-order valence-electron chi connectivity index (χ3n) is 7.70. The number of non-ortho nitro benzene ring substituents is 1. The first-order chi connectivity index (χ1) is 19.2. The Morgan fingerprint density at radius 3 is 2.20 bits per heavy atom. The fourth-order valence-electron chi connectivity index (χ4n) is 5.77. The van der Waals surface area contributed by atoms with E-state index in [1.165, 1.54) is 12.1 Å². The molecular formula is C31H26BrN3O4S. The molecule has 0 N–H and O–H groups in total. The minimum Gasteiger partial charge on any atom is -0.341 e. The fraction of sp³-hybridized carbons (Fsp3) is 0.161. The molecule has 7 nitrogen and oxygen atoms in total. The van der Waals surface area contributed by atoms with Gasteiger partial charge in [-0.15, -0.1) is 0 Å². The highest BCUT2D eigenvalue weighted by Gasteiger charge is 2.45. The van der Waals surface area contributed by atoms with Crippen LogP contribution in [0, 0.1) is 24.0 Å². The zero-order valence-corrected chi connectivity index (χ0v) is 24.3. The van der Waals surface area contributed by atoms with E-state index < -0.39 is 27.0 Å². The normalized spacial score (nSPS) is 17.6. The number of sulfonamides is 1. The second-order valence-corrected chi connectivity index (χ2v) is 12.9. The quantitative estimate of drug-likeness (QED) is 0.152. The smallest absolute Gasteiger partial charge is 0.269 e. The number of hydrogen-bond donors (Lipinski definition) is 0. The molecule has 0 amide bonds. The van der Waals surface area contributed by atoms with Gasteiger partial charge in [0.25, 0.3) is 5.69 Å². The monoisotopic (exact) mass is 615 g/mol. The van der Waals surface area contributed by atoms with E-state index in [0.29, 0.717) is 12.1 Å². The molecule has 0 bridgehead atoms. The van der Waals surface area contributed by atoms with Crippen LogP contribution in [-0.2, 0) is 16.6 Å². The maximum atomic E-state index is 14.6. The molecule has 1 aliphatic rings. The Labute approximate surface area is 241 Å². The zero-order valence-electron chi connectivity index (χ0n) is 21.9. The molecule has 5 aromatic rings. The lowest BCUT2D eigenvalue weighted by Gasteiger charge is -2.43. The minimum absolute atomic E-state index is 0.0479. The van der Waals surface area contributed by atoms with Crippen LogP contribution in [0.25, 0.3) is 10.9 Å². The van der Waals surface area contributed by atoms with Crippen molar-refractivity contribution in [3.05, 3.63) is 140 Å². The highest BCUT2D eigenvalue weighted by Crippen LogP contribution is 2.48. The van der Waals surface area contributed by atoms with Crippen molar-refractivity contribution in [1.29, 1.82) is 0 Å². The number of fused-ring (bicyclic) bond motifs is 3. The van der Waals surface area contributed by atoms with Crippen LogP contribution in [0.2, 0.25) is 0 Å². The average molecular weight is 617 g/mol. The maximum absolute atomic E-state index is 14.6. The molecule has 0 fully saturated rings. The van der Waals surface area contributed by atoms with Crippen LogP contribution in [0.5, 0.6) is 0 Å². The fourth-order valence-corrected chi connectivity index (χ4v) is 7.87. The van der Waals surface area contributed by atoms with Gasteiger partial charge in [0.05, 0.1) is 21.9 Å². The van der Waals surface area contributed by atoms with Gasteiger partial charge in [0.2, 0.25) is 10.0 Å². The van der Waals surface area contributed by atoms with E-state index in [4.69, 9.17) is 0 Å². The lowest BCUT2D eigenvalue weighted by atomic mass is 9.94. The molecule has 9 heteroatoms. The Morgan fingerprint density at radius 1 is 0.875 bits per heavy atom. The number of benzene rings is 4. The highest BCUT2D eigenvalue weighted by molar-refractivity contribution is 9.10. The molecule has 6 rings (SSSR count). The van der Waals surface area contributed by atoms with Crippen LogP contribution in [0.1, 0.15) is 40.0 Å². The summed E-state index contributed by atoms with van der Waals surface area (Å²) in [5, 5.41) is 12.5. The van der Waals surface area contributed by atoms with Crippen molar-refractivity contribution >= 4 is 42.5 Å². The molecule has 0 radical (unpaired) electrons. The van der Waals surface area contributed by atoms with E-state index >= 15 is 0 Å². The van der Waals surface area contributed by atoms with Crippen LogP contribution in [-0.4, -0.2) is 22.2 Å². The summed E-state index contributed by atoms with van der Waals surface area (Å²) >= 11 is 3.59. The second kappa shape index (κ2) is 9.99. The van der Waals surface area contributed by atoms with Gasteiger partial charge in [0, 0.05) is 39.7 Å². The molecule has 0 saturated heterocycles. The number of hydrogen-bond acceptors (Lipinski definition) is 4. The van der Waals surface area contributed by atoms with Crippen molar-refractivity contribution in [3.63, 3.8) is 0 Å². The van der Waals surface area contributed by atoms with Gasteiger partial charge in [-0.1, -0.05) is 76.1 Å². The number of nitro groups is 1. The third-order valence-corrected chi connectivity index (χ3v) is 10.1. The topological polar surface area (TPSA) is 85.4 Å². The van der Waals surface area contributed by atoms with Gasteiger partial charge in [-0.25, -0.2) is 8.42 Å². The molecule has 0 aliphatic carbocycles. The zero-order chi connectivity index (χ0) is 28.2. The summed E-state index contributed by atoms with van der Waals surface area (Å²) in [6, 6.07) is 27.6. The molecule has 40 heavy (non-hydrogen) atoms. The number of aryl methyl sites for hydroxylation is 2. The summed E-state index contributed by atoms with van der Waals surface area (Å²) in [6.07, 6.45) is 0. The van der Waals surface area contributed by atoms with Crippen molar-refractivity contribution in [3.8, 4) is 0 Å². The van der Waals surface area contributed by atoms with Crippen molar-refractivity contribution < 1.29 is 13.3 Å². The Hall–Kier alpha value is -3.79. The first-order valence-electron chi connectivity index (χ1n) is 12.8. The number of aromatic nitrogens is 1. The molecule has 4 aromatic carbocycles. The SMILES string of the molecule is Cc1ccc(S(=O)(=O)N2[C@H](c3ccc([N+](=O)[O-])cc3)c3c(C)c4cc(Br)ccc4n3C[C@@H]2c2ccccc2)cc1. The lowest BCUT2D eigenvalue weighted by Crippen LogP contribution is -2.45. The highest BCUT2D eigenvalue weighted by atomic mass is 79.9. The summed E-state index contributed by atoms with van der Waals surface area (Å²) < 4.78 is 34.0. The number of halogens is 1. The van der Waals surface area contributed by atoms with E-state index in [1.54, 1.807) is 40.7 Å². The van der Waals surface area contributed by atoms with Crippen LogP contribution in [0.15, 0.2) is 106 Å². The predicted molar refractivity (Wildman–Crippen MR) is 159 cm³/mol. The molecule has 0 spiro atoms. The summed E-state index contributed by atoms with van der Waals surface area (Å²) in [5.74, 6) is 0. The Morgan fingerprint density at radius 2 is 1.55 bits per heavy atom. The number of rotatable bonds is 5. The standard InChI is InChI=1S/C31H26BrN3O4S/c1-20-8-15-26(16-9-20)40(38,39)34-29(22-6-4-3-5-7-22)19-33-28-17-12-24(32)18-27(28)21(2)30(33)31(34)23-10-13-25(14-11-23)35(36)37/h3-18,29,31H,19H2,1-2H3/t29-,31-/m1/s1. The van der Waals surface area contributed by atoms with E-state index in [0.717, 1.165) is 37.8 Å². The maximum Gasteiger partial charge on any atom is 0.269 e. The predicted octanol–water partition coefficient (Wildman–Crippen LogP) is 7.46. The van der Waals surface area contributed by atoms with Gasteiger partial charge in [-0.2, -0.15) is 4.31 Å². The molecule has 2 atom stereocenters. The Bertz CT molecular complexity index is 1850. The van der Waals surface area contributed by atoms with E-state index in [2.05, 4.69) is 32.6 Å². The van der Waals surface area contributed by atoms with Gasteiger partial charge in [-0.05, 0) is 60.9 Å². The van der Waals surface area contributed by atoms with Crippen molar-refractivity contribution in [2.75, 3.05) is 0 Å². The Balaban J connectivity index is 1.68. The van der Waals surface area contributed by atoms with Crippen LogP contribution >= 0.6 is 15.9 Å². The van der Waals surface area contributed by atoms with Gasteiger partial charge in [0.1, 0.15) is 0 Å². The summed E-state index contributed by atoms with van der Waals surface area (Å²) in [4.78, 5) is 11.2. The number of nitrogens with zero attached hydrogens (tertiary/aromatic N) is 3. The van der Waals surface area contributed by atoms with Gasteiger partial charge in [-0.3, -0.25) is 10.1 Å². The minimum atomic E-state index is -4.03. The Kier molecular flexibility index (Phi) is 6.60. The van der Waals surface area contributed by atoms with Crippen LogP contribution < -0.4 is 0 Å². The first kappa shape index (κ1) is 26.4. The van der Waals surface area contributed by atoms with Crippen molar-refractivity contribution in [1.82, 2.24) is 8.87 Å². The first-order valence-corrected chi connectivity index (χ1v) is 15.1. The van der Waals surface area contributed by atoms with Gasteiger partial charge < -0.3 is 4.57 Å². The lowest BCUT2D eigenvalue weighted by molar-refractivity contribution is -0.384. The van der Waals surface area contributed by atoms with Crippen molar-refractivity contribution in [2.45, 2.75) is 37.4 Å². The van der Waals surface area contributed by atoms with Gasteiger partial charge in [0.15, 0.2) is 0 Å². The van der Waals surface area contributed by atoms with E-state index in [9.17, 15) is 18.5 Å². The van der Waals surface area contributed by atoms with Crippen molar-refractivity contribution in [2.24, 2.45) is 0 Å². The number of nitro benzene ring substituents is 1. The molecule has 2 heterocycles. The molecular weight excluding hydrogens is 590 g/mol. The largest absolute Gasteiger partial charge is 0.341 e. The molecule has 0 unspecified atom stereocenters. The van der Waals surface area contributed by atoms with E-state index in [1.807, 2.05) is 50.2 Å². The summed E-state index contributed by atoms with van der Waals surface area (Å²) in [6.45, 7) is 4.35. The second-order valence-electron chi connectivity index (χ2n) is 10.1. The van der Waals surface area contributed by atoms with Crippen LogP contribution in [0.3, 0.4) is 0 Å². The van der Waals surface area contributed by atoms with Crippen LogP contribution in [0.4, 0.5) is 5.69 Å². The summed E-state index contributed by atoms with van der Waals surface area (Å²) in [7, 11) is -4.03. The molecule has 0 saturated carbocycles. The van der Waals surface area contributed by atoms with E-state index in [-0.39, 0.29) is 10.6 Å². The molecule has 1 aromatic heterocycles. The third kappa shape index (κ3) is 4.34. The molecule has 1 aliphatic heterocycles. The average Bonchev–Trinajstić information content (AvgIpc) is 3.23. The molecule has 202 valence electrons.